The Morgan fingerprint density at radius 3 is 2.61 bits per heavy atom. The van der Waals surface area contributed by atoms with E-state index in [1.165, 1.54) is 12.8 Å². The molecule has 0 saturated heterocycles. The lowest BCUT2D eigenvalue weighted by Gasteiger charge is -2.19. The second-order valence-electron chi connectivity index (χ2n) is 7.97. The van der Waals surface area contributed by atoms with Crippen LogP contribution in [0.3, 0.4) is 0 Å². The van der Waals surface area contributed by atoms with E-state index >= 15 is 0 Å². The second-order valence-corrected chi connectivity index (χ2v) is 7.97. The van der Waals surface area contributed by atoms with Gasteiger partial charge >= 0.3 is 0 Å². The van der Waals surface area contributed by atoms with Crippen molar-refractivity contribution in [3.63, 3.8) is 0 Å². The molecule has 0 radical (unpaired) electrons. The summed E-state index contributed by atoms with van der Waals surface area (Å²) < 4.78 is 11.7. The molecule has 160 valence electrons. The summed E-state index contributed by atoms with van der Waals surface area (Å²) in [5, 5.41) is 11.0. The number of pyridine rings is 1. The Labute approximate surface area is 184 Å². The Bertz CT molecular complexity index is 1010. The van der Waals surface area contributed by atoms with E-state index in [9.17, 15) is 5.11 Å². The van der Waals surface area contributed by atoms with E-state index < -0.39 is 6.10 Å². The van der Waals surface area contributed by atoms with Crippen LogP contribution >= 0.6 is 0 Å². The van der Waals surface area contributed by atoms with Gasteiger partial charge in [-0.3, -0.25) is 4.98 Å². The predicted octanol–water partition coefficient (Wildman–Crippen LogP) is 5.86. The molecule has 4 rings (SSSR count). The molecule has 1 N–H and O–H groups in total. The molecule has 1 unspecified atom stereocenters. The lowest BCUT2D eigenvalue weighted by Crippen LogP contribution is -2.12. The fourth-order valence-electron chi connectivity index (χ4n) is 4.03. The van der Waals surface area contributed by atoms with E-state index in [0.29, 0.717) is 17.9 Å². The van der Waals surface area contributed by atoms with Gasteiger partial charge in [0.2, 0.25) is 0 Å². The number of nitrogens with zero attached hydrogens (tertiary/aromatic N) is 1. The largest absolute Gasteiger partial charge is 0.493 e. The molecule has 2 aromatic carbocycles. The summed E-state index contributed by atoms with van der Waals surface area (Å²) >= 11 is 0. The van der Waals surface area contributed by atoms with Crippen molar-refractivity contribution in [2.75, 3.05) is 7.11 Å². The van der Waals surface area contributed by atoms with Gasteiger partial charge in [0.15, 0.2) is 11.5 Å². The number of aliphatic hydroxyl groups is 1. The van der Waals surface area contributed by atoms with Crippen LogP contribution in [0.4, 0.5) is 0 Å². The summed E-state index contributed by atoms with van der Waals surface area (Å²) in [4.78, 5) is 4.26. The topological polar surface area (TPSA) is 51.6 Å². The third-order valence-electron chi connectivity index (χ3n) is 5.78. The number of methoxy groups -OCH3 is 1. The maximum atomic E-state index is 11.0. The van der Waals surface area contributed by atoms with Gasteiger partial charge in [0.05, 0.1) is 19.3 Å². The number of ether oxygens (including phenoxy) is 2. The fraction of sp³-hybridized carbons (Fsp3) is 0.296. The summed E-state index contributed by atoms with van der Waals surface area (Å²) in [6.45, 7) is 0. The molecule has 0 spiro atoms. The molecule has 1 heterocycles. The van der Waals surface area contributed by atoms with Gasteiger partial charge in [0, 0.05) is 18.8 Å². The first-order valence-electron chi connectivity index (χ1n) is 10.9. The smallest absolute Gasteiger partial charge is 0.161 e. The van der Waals surface area contributed by atoms with Gasteiger partial charge in [-0.1, -0.05) is 48.6 Å². The predicted molar refractivity (Wildman–Crippen MR) is 124 cm³/mol. The molecule has 0 bridgehead atoms. The normalized spacial score (nSPS) is 15.3. The number of hydrogen-bond donors (Lipinski definition) is 1. The number of benzene rings is 2. The first-order valence-corrected chi connectivity index (χ1v) is 10.9. The molecule has 31 heavy (non-hydrogen) atoms. The molecule has 1 aliphatic carbocycles. The van der Waals surface area contributed by atoms with Crippen LogP contribution in [0.5, 0.6) is 11.5 Å². The fourth-order valence-corrected chi connectivity index (χ4v) is 4.03. The highest BCUT2D eigenvalue weighted by molar-refractivity contribution is 5.70. The van der Waals surface area contributed by atoms with Crippen LogP contribution < -0.4 is 9.47 Å². The summed E-state index contributed by atoms with van der Waals surface area (Å²) in [5.41, 5.74) is 4.00. The molecule has 4 nitrogen and oxygen atoms in total. The van der Waals surface area contributed by atoms with Crippen LogP contribution in [0, 0.1) is 0 Å². The number of hydrogen-bond acceptors (Lipinski definition) is 4. The van der Waals surface area contributed by atoms with E-state index in [1.54, 1.807) is 13.3 Å². The lowest BCUT2D eigenvalue weighted by molar-refractivity contribution is 0.174. The minimum absolute atomic E-state index is 0.233. The molecule has 0 amide bonds. The zero-order valence-electron chi connectivity index (χ0n) is 17.9. The zero-order valence-corrected chi connectivity index (χ0v) is 17.9. The van der Waals surface area contributed by atoms with Crippen LogP contribution in [0.2, 0.25) is 0 Å². The Kier molecular flexibility index (Phi) is 7.00. The van der Waals surface area contributed by atoms with Crippen LogP contribution in [0.1, 0.15) is 54.0 Å². The van der Waals surface area contributed by atoms with E-state index in [0.717, 1.165) is 35.1 Å². The van der Waals surface area contributed by atoms with Crippen LogP contribution in [-0.2, 0) is 6.42 Å². The van der Waals surface area contributed by atoms with Crippen molar-refractivity contribution in [3.05, 3.63) is 89.2 Å². The highest BCUT2D eigenvalue weighted by Crippen LogP contribution is 2.34. The summed E-state index contributed by atoms with van der Waals surface area (Å²) in [6, 6.07) is 17.8. The quantitative estimate of drug-likeness (QED) is 0.501. The molecule has 1 fully saturated rings. The van der Waals surface area contributed by atoms with Crippen molar-refractivity contribution >= 4 is 12.2 Å². The summed E-state index contributed by atoms with van der Waals surface area (Å²) in [5.74, 6) is 1.42. The first-order chi connectivity index (χ1) is 15.2. The van der Waals surface area contributed by atoms with Gasteiger partial charge in [-0.25, -0.2) is 0 Å². The number of rotatable bonds is 8. The molecule has 1 aromatic heterocycles. The molecule has 0 aliphatic heterocycles. The minimum Gasteiger partial charge on any atom is -0.493 e. The third kappa shape index (κ3) is 5.53. The molecule has 1 aliphatic rings. The SMILES string of the molecule is COc1ccc(C(O)Cc2ccncc2C=Cc2ccccc2)cc1OC1CCCC1. The van der Waals surface area contributed by atoms with Gasteiger partial charge < -0.3 is 14.6 Å². The van der Waals surface area contributed by atoms with Crippen molar-refractivity contribution in [2.24, 2.45) is 0 Å². The van der Waals surface area contributed by atoms with Crippen LogP contribution in [0.15, 0.2) is 67.0 Å². The van der Waals surface area contributed by atoms with Crippen molar-refractivity contribution in [3.8, 4) is 11.5 Å². The second kappa shape index (κ2) is 10.3. The molecule has 1 atom stereocenters. The van der Waals surface area contributed by atoms with E-state index in [-0.39, 0.29) is 6.10 Å². The molecular weight excluding hydrogens is 386 g/mol. The number of aliphatic hydroxyl groups excluding tert-OH is 1. The maximum Gasteiger partial charge on any atom is 0.161 e. The average Bonchev–Trinajstić information content (AvgIpc) is 3.32. The van der Waals surface area contributed by atoms with E-state index in [1.807, 2.05) is 54.7 Å². The van der Waals surface area contributed by atoms with Crippen molar-refractivity contribution < 1.29 is 14.6 Å². The summed E-state index contributed by atoms with van der Waals surface area (Å²) in [7, 11) is 1.65. The van der Waals surface area contributed by atoms with Crippen LogP contribution in [-0.4, -0.2) is 23.3 Å². The Morgan fingerprint density at radius 1 is 1.03 bits per heavy atom. The maximum absolute atomic E-state index is 11.0. The Morgan fingerprint density at radius 2 is 1.84 bits per heavy atom. The van der Waals surface area contributed by atoms with Crippen molar-refractivity contribution in [1.29, 1.82) is 0 Å². The first kappa shape index (κ1) is 21.1. The third-order valence-corrected chi connectivity index (χ3v) is 5.78. The molecule has 3 aromatic rings. The molecule has 1 saturated carbocycles. The molecular formula is C27H29NO3. The van der Waals surface area contributed by atoms with Gasteiger partial charge in [-0.15, -0.1) is 0 Å². The Balaban J connectivity index is 1.52. The monoisotopic (exact) mass is 415 g/mol. The van der Waals surface area contributed by atoms with Gasteiger partial charge in [-0.2, -0.15) is 0 Å². The van der Waals surface area contributed by atoms with Crippen molar-refractivity contribution in [2.45, 2.75) is 44.3 Å². The lowest BCUT2D eigenvalue weighted by atomic mass is 9.98. The Hall–Kier alpha value is -3.11. The van der Waals surface area contributed by atoms with Gasteiger partial charge in [0.1, 0.15) is 0 Å². The van der Waals surface area contributed by atoms with Gasteiger partial charge in [-0.05, 0) is 66.1 Å². The van der Waals surface area contributed by atoms with Crippen LogP contribution in [0.25, 0.3) is 12.2 Å². The minimum atomic E-state index is -0.650. The van der Waals surface area contributed by atoms with Gasteiger partial charge in [0.25, 0.3) is 0 Å². The summed E-state index contributed by atoms with van der Waals surface area (Å²) in [6.07, 6.45) is 12.3. The molecule has 4 heteroatoms. The van der Waals surface area contributed by atoms with E-state index in [2.05, 4.69) is 23.2 Å². The zero-order chi connectivity index (χ0) is 21.5. The highest BCUT2D eigenvalue weighted by atomic mass is 16.5. The highest BCUT2D eigenvalue weighted by Gasteiger charge is 2.20. The standard InChI is InChI=1S/C27H29NO3/c1-30-26-14-13-22(18-27(26)31-24-9-5-6-10-24)25(29)17-21-15-16-28-19-23(21)12-11-20-7-3-2-4-8-20/h2-4,7-8,11-16,18-19,24-25,29H,5-6,9-10,17H2,1H3. The van der Waals surface area contributed by atoms with Crippen molar-refractivity contribution in [1.82, 2.24) is 4.98 Å². The van der Waals surface area contributed by atoms with E-state index in [4.69, 9.17) is 9.47 Å². The number of aromatic nitrogens is 1. The average molecular weight is 416 g/mol.